The number of aliphatic hydroxyl groups excluding tert-OH is 1. The van der Waals surface area contributed by atoms with E-state index >= 15 is 0 Å². The van der Waals surface area contributed by atoms with Crippen molar-refractivity contribution in [2.75, 3.05) is 26.8 Å². The molecule has 120 valence electrons. The summed E-state index contributed by atoms with van der Waals surface area (Å²) in [5, 5.41) is 15.1. The topological polar surface area (TPSA) is 59.8 Å². The third-order valence-corrected chi connectivity index (χ3v) is 4.00. The summed E-state index contributed by atoms with van der Waals surface area (Å²) in [6, 6.07) is 0.601. The molecule has 1 aromatic rings. The third-order valence-electron chi connectivity index (χ3n) is 4.00. The second-order valence-corrected chi connectivity index (χ2v) is 6.08. The highest BCUT2D eigenvalue weighted by Gasteiger charge is 2.33. The molecule has 0 radical (unpaired) electrons. The van der Waals surface area contributed by atoms with Crippen molar-refractivity contribution >= 4 is 0 Å². The Kier molecular flexibility index (Phi) is 5.24. The molecule has 0 spiro atoms. The minimum absolute atomic E-state index is 0.156. The van der Waals surface area contributed by atoms with E-state index < -0.39 is 6.10 Å². The number of morpholine rings is 1. The van der Waals surface area contributed by atoms with Gasteiger partial charge in [-0.1, -0.05) is 0 Å². The monoisotopic (exact) mass is 297 g/mol. The molecule has 1 saturated heterocycles. The van der Waals surface area contributed by atoms with E-state index in [4.69, 9.17) is 9.47 Å². The van der Waals surface area contributed by atoms with E-state index in [1.807, 2.05) is 13.8 Å². The van der Waals surface area contributed by atoms with Gasteiger partial charge in [-0.05, 0) is 27.7 Å². The van der Waals surface area contributed by atoms with Crippen molar-refractivity contribution in [2.45, 2.75) is 52.0 Å². The molecule has 2 heterocycles. The molecule has 2 atom stereocenters. The van der Waals surface area contributed by atoms with Gasteiger partial charge >= 0.3 is 0 Å². The molecule has 0 aliphatic carbocycles. The first-order chi connectivity index (χ1) is 9.95. The molecule has 1 fully saturated rings. The van der Waals surface area contributed by atoms with Crippen LogP contribution < -0.4 is 4.74 Å². The lowest BCUT2D eigenvalue weighted by molar-refractivity contribution is -0.0989. The molecule has 1 aromatic heterocycles. The number of hydrogen-bond acceptors (Lipinski definition) is 5. The smallest absolute Gasteiger partial charge is 0.162 e. The third kappa shape index (κ3) is 3.39. The highest BCUT2D eigenvalue weighted by atomic mass is 16.5. The van der Waals surface area contributed by atoms with Crippen LogP contribution in [0.3, 0.4) is 0 Å². The van der Waals surface area contributed by atoms with Gasteiger partial charge in [0.15, 0.2) is 5.75 Å². The van der Waals surface area contributed by atoms with Gasteiger partial charge in [0, 0.05) is 25.2 Å². The van der Waals surface area contributed by atoms with Crippen molar-refractivity contribution in [3.05, 3.63) is 11.9 Å². The van der Waals surface area contributed by atoms with E-state index in [0.717, 1.165) is 6.54 Å². The van der Waals surface area contributed by atoms with Gasteiger partial charge in [-0.3, -0.25) is 9.58 Å². The summed E-state index contributed by atoms with van der Waals surface area (Å²) in [5.41, 5.74) is 0.697. The van der Waals surface area contributed by atoms with Gasteiger partial charge in [0.25, 0.3) is 0 Å². The maximum absolute atomic E-state index is 10.8. The first kappa shape index (κ1) is 16.3. The lowest BCUT2D eigenvalue weighted by Crippen LogP contribution is -2.48. The van der Waals surface area contributed by atoms with Crippen LogP contribution in [0.2, 0.25) is 0 Å². The summed E-state index contributed by atoms with van der Waals surface area (Å²) in [6.07, 6.45) is 0.650. The zero-order valence-electron chi connectivity index (χ0n) is 13.6. The van der Waals surface area contributed by atoms with Gasteiger partial charge in [0.1, 0.15) is 17.9 Å². The molecule has 1 aliphatic rings. The molecule has 21 heavy (non-hydrogen) atoms. The van der Waals surface area contributed by atoms with Crippen molar-refractivity contribution in [1.82, 2.24) is 14.7 Å². The molecule has 2 unspecified atom stereocenters. The number of ether oxygens (including phenoxy) is 2. The summed E-state index contributed by atoms with van der Waals surface area (Å²) >= 11 is 0. The lowest BCUT2D eigenvalue weighted by Gasteiger charge is -2.37. The average molecular weight is 297 g/mol. The number of nitrogens with zero attached hydrogens (tertiary/aromatic N) is 3. The molecule has 2 rings (SSSR count). The fourth-order valence-corrected chi connectivity index (χ4v) is 2.74. The van der Waals surface area contributed by atoms with Crippen LogP contribution in [-0.2, 0) is 4.74 Å². The zero-order chi connectivity index (χ0) is 15.6. The molecule has 1 N–H and O–H groups in total. The first-order valence-corrected chi connectivity index (χ1v) is 7.60. The Labute approximate surface area is 126 Å². The van der Waals surface area contributed by atoms with Gasteiger partial charge < -0.3 is 14.6 Å². The fourth-order valence-electron chi connectivity index (χ4n) is 2.74. The molecular weight excluding hydrogens is 270 g/mol. The van der Waals surface area contributed by atoms with Crippen LogP contribution in [-0.4, -0.2) is 58.7 Å². The predicted octanol–water partition coefficient (Wildman–Crippen LogP) is 1.62. The highest BCUT2D eigenvalue weighted by molar-refractivity contribution is 5.28. The summed E-state index contributed by atoms with van der Waals surface area (Å²) < 4.78 is 12.9. The van der Waals surface area contributed by atoms with Crippen LogP contribution in [0, 0.1) is 0 Å². The van der Waals surface area contributed by atoms with Crippen molar-refractivity contribution < 1.29 is 14.6 Å². The Morgan fingerprint density at radius 2 is 2.05 bits per heavy atom. The fraction of sp³-hybridized carbons (Fsp3) is 0.800. The molecule has 0 aromatic carbocycles. The molecule has 0 saturated carbocycles. The van der Waals surface area contributed by atoms with Gasteiger partial charge in [-0.25, -0.2) is 0 Å². The lowest BCUT2D eigenvalue weighted by atomic mass is 10.1. The maximum atomic E-state index is 10.8. The van der Waals surface area contributed by atoms with E-state index in [-0.39, 0.29) is 12.1 Å². The Bertz CT molecular complexity index is 459. The number of methoxy groups -OCH3 is 1. The number of rotatable bonds is 5. The highest BCUT2D eigenvalue weighted by Crippen LogP contribution is 2.31. The van der Waals surface area contributed by atoms with Crippen LogP contribution >= 0.6 is 0 Å². The van der Waals surface area contributed by atoms with E-state index in [2.05, 4.69) is 23.8 Å². The molecule has 6 nitrogen and oxygen atoms in total. The summed E-state index contributed by atoms with van der Waals surface area (Å²) in [6.45, 7) is 10.6. The quantitative estimate of drug-likeness (QED) is 0.895. The van der Waals surface area contributed by atoms with E-state index in [9.17, 15) is 5.11 Å². The maximum Gasteiger partial charge on any atom is 0.162 e. The summed E-state index contributed by atoms with van der Waals surface area (Å²) in [5.74, 6) is 0.612. The van der Waals surface area contributed by atoms with Crippen LogP contribution in [0.1, 0.15) is 45.5 Å². The Morgan fingerprint density at radius 1 is 1.33 bits per heavy atom. The van der Waals surface area contributed by atoms with Gasteiger partial charge in [0.05, 0.1) is 19.9 Å². The number of aliphatic hydroxyl groups is 1. The average Bonchev–Trinajstić information content (AvgIpc) is 2.90. The Balaban J connectivity index is 2.22. The molecule has 0 amide bonds. The van der Waals surface area contributed by atoms with Crippen molar-refractivity contribution in [2.24, 2.45) is 0 Å². The summed E-state index contributed by atoms with van der Waals surface area (Å²) in [4.78, 5) is 2.32. The van der Waals surface area contributed by atoms with Gasteiger partial charge in [-0.15, -0.1) is 0 Å². The van der Waals surface area contributed by atoms with Crippen LogP contribution in [0.15, 0.2) is 6.20 Å². The van der Waals surface area contributed by atoms with Crippen molar-refractivity contribution in [3.63, 3.8) is 0 Å². The molecule has 1 aliphatic heterocycles. The predicted molar refractivity (Wildman–Crippen MR) is 80.6 cm³/mol. The number of hydrogen-bond donors (Lipinski definition) is 1. The standard InChI is InChI=1S/C15H27N3O3/c1-10(2)17-6-7-21-13(9-17)15(19)14-12(20-5)8-16-18(14)11(3)4/h8,10-11,13,15,19H,6-7,9H2,1-5H3. The van der Waals surface area contributed by atoms with Crippen molar-refractivity contribution in [3.8, 4) is 5.75 Å². The van der Waals surface area contributed by atoms with E-state index in [0.29, 0.717) is 30.6 Å². The Morgan fingerprint density at radius 3 is 2.62 bits per heavy atom. The Hall–Kier alpha value is -1.11. The van der Waals surface area contributed by atoms with Crippen molar-refractivity contribution in [1.29, 1.82) is 0 Å². The van der Waals surface area contributed by atoms with Gasteiger partial charge in [-0.2, -0.15) is 5.10 Å². The van der Waals surface area contributed by atoms with Crippen LogP contribution in [0.5, 0.6) is 5.75 Å². The second-order valence-electron chi connectivity index (χ2n) is 6.08. The zero-order valence-corrected chi connectivity index (χ0v) is 13.6. The van der Waals surface area contributed by atoms with Crippen LogP contribution in [0.4, 0.5) is 0 Å². The second kappa shape index (κ2) is 6.77. The SMILES string of the molecule is COc1cnn(C(C)C)c1C(O)C1CN(C(C)C)CCO1. The minimum atomic E-state index is -0.744. The normalized spacial score (nSPS) is 22.0. The minimum Gasteiger partial charge on any atom is -0.493 e. The molecule has 0 bridgehead atoms. The largest absolute Gasteiger partial charge is 0.493 e. The van der Waals surface area contributed by atoms with E-state index in [1.54, 1.807) is 18.0 Å². The number of aromatic nitrogens is 2. The first-order valence-electron chi connectivity index (χ1n) is 7.60. The van der Waals surface area contributed by atoms with E-state index in [1.165, 1.54) is 0 Å². The van der Waals surface area contributed by atoms with Gasteiger partial charge in [0.2, 0.25) is 0 Å². The summed E-state index contributed by atoms with van der Waals surface area (Å²) in [7, 11) is 1.60. The molecule has 6 heteroatoms. The molecular formula is C15H27N3O3. The van der Waals surface area contributed by atoms with Crippen LogP contribution in [0.25, 0.3) is 0 Å².